The second kappa shape index (κ2) is 7.16. The molecule has 0 unspecified atom stereocenters. The summed E-state index contributed by atoms with van der Waals surface area (Å²) in [4.78, 5) is 10.3. The number of aliphatic hydroxyl groups excluding tert-OH is 1. The van der Waals surface area contributed by atoms with E-state index < -0.39 is 6.10 Å². The van der Waals surface area contributed by atoms with Crippen LogP contribution in [-0.2, 0) is 6.54 Å². The molecule has 1 aromatic heterocycles. The van der Waals surface area contributed by atoms with Gasteiger partial charge in [-0.25, -0.2) is 4.98 Å². The summed E-state index contributed by atoms with van der Waals surface area (Å²) in [7, 11) is 2.06. The van der Waals surface area contributed by atoms with Gasteiger partial charge in [0.05, 0.1) is 23.7 Å². The van der Waals surface area contributed by atoms with E-state index in [2.05, 4.69) is 47.9 Å². The number of aromatic amines is 1. The maximum absolute atomic E-state index is 10.3. The molecule has 0 saturated heterocycles. The molecule has 3 aromatic rings. The molecule has 126 valence electrons. The second-order valence-corrected chi connectivity index (χ2v) is 6.59. The van der Waals surface area contributed by atoms with Gasteiger partial charge in [0, 0.05) is 6.54 Å². The predicted octanol–water partition coefficient (Wildman–Crippen LogP) is 3.74. The van der Waals surface area contributed by atoms with E-state index in [1.165, 1.54) is 11.1 Å². The zero-order valence-corrected chi connectivity index (χ0v) is 14.6. The first-order chi connectivity index (χ1) is 11.5. The number of aryl methyl sites for hydroxylation is 2. The number of nitrogens with zero attached hydrogens (tertiary/aromatic N) is 2. The quantitative estimate of drug-likeness (QED) is 0.726. The summed E-state index contributed by atoms with van der Waals surface area (Å²) in [5.41, 5.74) is 5.62. The van der Waals surface area contributed by atoms with Crippen molar-refractivity contribution < 1.29 is 5.11 Å². The highest BCUT2D eigenvalue weighted by Gasteiger charge is 2.11. The van der Waals surface area contributed by atoms with Crippen LogP contribution in [0.1, 0.15) is 35.0 Å². The number of aliphatic hydroxyl groups is 1. The van der Waals surface area contributed by atoms with Crippen LogP contribution in [0, 0.1) is 13.8 Å². The van der Waals surface area contributed by atoms with Crippen LogP contribution in [0.2, 0.25) is 0 Å². The van der Waals surface area contributed by atoms with Crippen molar-refractivity contribution in [3.8, 4) is 0 Å². The second-order valence-electron chi connectivity index (χ2n) is 6.59. The third-order valence-electron chi connectivity index (χ3n) is 4.53. The SMILES string of the molecule is Cc1cc2nc(CN(C)CC[C@H](O)c3ccccc3)[nH]c2cc1C. The van der Waals surface area contributed by atoms with Crippen molar-refractivity contribution >= 4 is 11.0 Å². The number of aromatic nitrogens is 2. The molecule has 1 atom stereocenters. The van der Waals surface area contributed by atoms with E-state index in [1.54, 1.807) is 0 Å². The number of nitrogens with one attached hydrogen (secondary N) is 1. The largest absolute Gasteiger partial charge is 0.388 e. The average Bonchev–Trinajstić information content (AvgIpc) is 2.94. The highest BCUT2D eigenvalue weighted by molar-refractivity contribution is 5.77. The van der Waals surface area contributed by atoms with Gasteiger partial charge in [-0.15, -0.1) is 0 Å². The fraction of sp³-hybridized carbons (Fsp3) is 0.350. The summed E-state index contributed by atoms with van der Waals surface area (Å²) in [5.74, 6) is 0.965. The number of fused-ring (bicyclic) bond motifs is 1. The first kappa shape index (κ1) is 16.7. The van der Waals surface area contributed by atoms with E-state index in [1.807, 2.05) is 30.3 Å². The first-order valence-corrected chi connectivity index (χ1v) is 8.40. The Balaban J connectivity index is 1.59. The molecule has 0 aliphatic rings. The lowest BCUT2D eigenvalue weighted by Gasteiger charge is -2.18. The molecule has 1 heterocycles. The molecule has 0 spiro atoms. The maximum Gasteiger partial charge on any atom is 0.121 e. The molecular formula is C20H25N3O. The van der Waals surface area contributed by atoms with Gasteiger partial charge in [0.15, 0.2) is 0 Å². The first-order valence-electron chi connectivity index (χ1n) is 8.40. The summed E-state index contributed by atoms with van der Waals surface area (Å²) >= 11 is 0. The summed E-state index contributed by atoms with van der Waals surface area (Å²) in [6.45, 7) is 5.78. The molecule has 0 radical (unpaired) electrons. The summed E-state index contributed by atoms with van der Waals surface area (Å²) < 4.78 is 0. The predicted molar refractivity (Wildman–Crippen MR) is 97.9 cm³/mol. The van der Waals surface area contributed by atoms with Crippen molar-refractivity contribution in [1.82, 2.24) is 14.9 Å². The van der Waals surface area contributed by atoms with E-state index >= 15 is 0 Å². The lowest BCUT2D eigenvalue weighted by Crippen LogP contribution is -2.21. The van der Waals surface area contributed by atoms with E-state index in [0.29, 0.717) is 6.42 Å². The van der Waals surface area contributed by atoms with E-state index in [4.69, 9.17) is 0 Å². The van der Waals surface area contributed by atoms with Crippen LogP contribution in [0.25, 0.3) is 11.0 Å². The van der Waals surface area contributed by atoms with Crippen molar-refractivity contribution in [2.45, 2.75) is 32.9 Å². The number of hydrogen-bond acceptors (Lipinski definition) is 3. The van der Waals surface area contributed by atoms with Gasteiger partial charge in [0.25, 0.3) is 0 Å². The number of hydrogen-bond donors (Lipinski definition) is 2. The van der Waals surface area contributed by atoms with Crippen LogP contribution in [0.4, 0.5) is 0 Å². The molecule has 2 aromatic carbocycles. The van der Waals surface area contributed by atoms with Gasteiger partial charge in [-0.2, -0.15) is 0 Å². The lowest BCUT2D eigenvalue weighted by atomic mass is 10.1. The van der Waals surface area contributed by atoms with Crippen LogP contribution >= 0.6 is 0 Å². The Labute approximate surface area is 143 Å². The van der Waals surface area contributed by atoms with Gasteiger partial charge in [-0.05, 0) is 56.1 Å². The topological polar surface area (TPSA) is 52.1 Å². The van der Waals surface area contributed by atoms with Crippen molar-refractivity contribution in [3.63, 3.8) is 0 Å². The zero-order valence-electron chi connectivity index (χ0n) is 14.6. The fourth-order valence-electron chi connectivity index (χ4n) is 2.92. The third-order valence-corrected chi connectivity index (χ3v) is 4.53. The number of H-pyrrole nitrogens is 1. The standard InChI is InChI=1S/C20H25N3O/c1-14-11-17-18(12-15(14)2)22-20(21-17)13-23(3)10-9-19(24)16-7-5-4-6-8-16/h4-8,11-12,19,24H,9-10,13H2,1-3H3,(H,21,22)/t19-/m0/s1. The molecule has 0 bridgehead atoms. The minimum atomic E-state index is -0.422. The minimum Gasteiger partial charge on any atom is -0.388 e. The van der Waals surface area contributed by atoms with Crippen molar-refractivity contribution in [2.75, 3.05) is 13.6 Å². The Morgan fingerprint density at radius 3 is 2.58 bits per heavy atom. The van der Waals surface area contributed by atoms with Gasteiger partial charge >= 0.3 is 0 Å². The van der Waals surface area contributed by atoms with Crippen LogP contribution < -0.4 is 0 Å². The Morgan fingerprint density at radius 1 is 1.12 bits per heavy atom. The van der Waals surface area contributed by atoms with E-state index in [9.17, 15) is 5.11 Å². The highest BCUT2D eigenvalue weighted by Crippen LogP contribution is 2.19. The highest BCUT2D eigenvalue weighted by atomic mass is 16.3. The molecule has 0 amide bonds. The van der Waals surface area contributed by atoms with Gasteiger partial charge in [0.2, 0.25) is 0 Å². The van der Waals surface area contributed by atoms with Crippen LogP contribution in [0.15, 0.2) is 42.5 Å². The molecule has 0 aliphatic heterocycles. The lowest BCUT2D eigenvalue weighted by molar-refractivity contribution is 0.147. The molecule has 3 rings (SSSR count). The average molecular weight is 323 g/mol. The van der Waals surface area contributed by atoms with Crippen molar-refractivity contribution in [1.29, 1.82) is 0 Å². The van der Waals surface area contributed by atoms with Crippen molar-refractivity contribution in [2.24, 2.45) is 0 Å². The Morgan fingerprint density at radius 2 is 1.83 bits per heavy atom. The number of benzene rings is 2. The van der Waals surface area contributed by atoms with E-state index in [-0.39, 0.29) is 0 Å². The van der Waals surface area contributed by atoms with Crippen LogP contribution in [-0.4, -0.2) is 33.6 Å². The third kappa shape index (κ3) is 3.83. The monoisotopic (exact) mass is 323 g/mol. The molecule has 2 N–H and O–H groups in total. The number of imidazole rings is 1. The zero-order chi connectivity index (χ0) is 17.1. The summed E-state index contributed by atoms with van der Waals surface area (Å²) in [5, 5.41) is 10.3. The van der Waals surface area contributed by atoms with Gasteiger partial charge < -0.3 is 10.1 Å². The molecular weight excluding hydrogens is 298 g/mol. The minimum absolute atomic E-state index is 0.422. The molecule has 0 aliphatic carbocycles. The van der Waals surface area contributed by atoms with Gasteiger partial charge in [0.1, 0.15) is 5.82 Å². The Hall–Kier alpha value is -2.17. The molecule has 4 heteroatoms. The Bertz CT molecular complexity index is 771. The van der Waals surface area contributed by atoms with Crippen LogP contribution in [0.3, 0.4) is 0 Å². The van der Waals surface area contributed by atoms with Gasteiger partial charge in [-0.1, -0.05) is 30.3 Å². The molecule has 0 saturated carbocycles. The molecule has 24 heavy (non-hydrogen) atoms. The van der Waals surface area contributed by atoms with Gasteiger partial charge in [-0.3, -0.25) is 4.90 Å². The smallest absolute Gasteiger partial charge is 0.121 e. The molecule has 4 nitrogen and oxygen atoms in total. The summed E-state index contributed by atoms with van der Waals surface area (Å²) in [6, 6.07) is 14.1. The Kier molecular flexibility index (Phi) is 4.97. The summed E-state index contributed by atoms with van der Waals surface area (Å²) in [6.07, 6.45) is 0.286. The van der Waals surface area contributed by atoms with Crippen molar-refractivity contribution in [3.05, 3.63) is 65.0 Å². The van der Waals surface area contributed by atoms with Crippen LogP contribution in [0.5, 0.6) is 0 Å². The maximum atomic E-state index is 10.3. The fourth-order valence-corrected chi connectivity index (χ4v) is 2.92. The van der Waals surface area contributed by atoms with E-state index in [0.717, 1.165) is 35.5 Å². The normalized spacial score (nSPS) is 12.9. The molecule has 0 fully saturated rings. The number of rotatable bonds is 6.